The van der Waals surface area contributed by atoms with Gasteiger partial charge < -0.3 is 18.9 Å². The molecular formula is C36H56O5. The SMILES string of the molecule is CC/C=C\C=C\CCCC/C=C\CC/C=C/CCCC(=O)O[C@@H]1CC[C@]2(CO2)[C@@H]([C@@]2(C)O[C@@H]2CC=C(C)C)[C@@H]1OC. The van der Waals surface area contributed by atoms with Crippen LogP contribution in [0.1, 0.15) is 111 Å². The van der Waals surface area contributed by atoms with Crippen molar-refractivity contribution in [3.8, 4) is 0 Å². The summed E-state index contributed by atoms with van der Waals surface area (Å²) in [7, 11) is 1.73. The van der Waals surface area contributed by atoms with Gasteiger partial charge in [-0.1, -0.05) is 67.2 Å². The molecule has 3 rings (SSSR count). The molecule has 230 valence electrons. The maximum Gasteiger partial charge on any atom is 0.306 e. The van der Waals surface area contributed by atoms with Gasteiger partial charge in [0, 0.05) is 13.5 Å². The lowest BCUT2D eigenvalue weighted by Crippen LogP contribution is -2.55. The molecule has 2 aliphatic heterocycles. The molecule has 0 aromatic heterocycles. The van der Waals surface area contributed by atoms with Crippen LogP contribution in [0.2, 0.25) is 0 Å². The molecular weight excluding hydrogens is 512 g/mol. The van der Waals surface area contributed by atoms with Crippen LogP contribution < -0.4 is 0 Å². The molecule has 3 fully saturated rings. The van der Waals surface area contributed by atoms with Crippen molar-refractivity contribution in [2.24, 2.45) is 5.92 Å². The number of unbranched alkanes of at least 4 members (excludes halogenated alkanes) is 5. The van der Waals surface area contributed by atoms with Gasteiger partial charge in [-0.05, 0) is 97.8 Å². The zero-order valence-electron chi connectivity index (χ0n) is 26.4. The zero-order valence-corrected chi connectivity index (χ0v) is 26.4. The van der Waals surface area contributed by atoms with Crippen molar-refractivity contribution in [1.82, 2.24) is 0 Å². The number of hydrogen-bond acceptors (Lipinski definition) is 5. The number of carbonyl (C=O) groups excluding carboxylic acids is 1. The second-order valence-electron chi connectivity index (χ2n) is 12.4. The summed E-state index contributed by atoms with van der Waals surface area (Å²) < 4.78 is 24.3. The van der Waals surface area contributed by atoms with E-state index in [-0.39, 0.29) is 41.4 Å². The molecule has 1 aliphatic carbocycles. The molecule has 41 heavy (non-hydrogen) atoms. The Kier molecular flexibility index (Phi) is 14.1. The third-order valence-corrected chi connectivity index (χ3v) is 8.72. The fourth-order valence-corrected chi connectivity index (χ4v) is 6.24. The van der Waals surface area contributed by atoms with Crippen molar-refractivity contribution in [2.75, 3.05) is 13.7 Å². The number of rotatable bonds is 19. The first-order valence-electron chi connectivity index (χ1n) is 16.2. The van der Waals surface area contributed by atoms with E-state index in [1.54, 1.807) is 7.11 Å². The molecule has 6 atom stereocenters. The monoisotopic (exact) mass is 568 g/mol. The topological polar surface area (TPSA) is 60.6 Å². The van der Waals surface area contributed by atoms with E-state index in [2.05, 4.69) is 82.4 Å². The van der Waals surface area contributed by atoms with Gasteiger partial charge in [0.1, 0.15) is 23.4 Å². The van der Waals surface area contributed by atoms with Gasteiger partial charge in [0.15, 0.2) is 0 Å². The summed E-state index contributed by atoms with van der Waals surface area (Å²) in [4.78, 5) is 12.7. The van der Waals surface area contributed by atoms with E-state index in [1.807, 2.05) is 0 Å². The second kappa shape index (κ2) is 17.2. The first kappa shape index (κ1) is 33.6. The molecule has 5 nitrogen and oxygen atoms in total. The summed E-state index contributed by atoms with van der Waals surface area (Å²) in [6.45, 7) is 9.30. The number of allylic oxidation sites excluding steroid dienone is 9. The average molecular weight is 569 g/mol. The van der Waals surface area contributed by atoms with Gasteiger partial charge in [-0.15, -0.1) is 0 Å². The van der Waals surface area contributed by atoms with Crippen molar-refractivity contribution >= 4 is 5.97 Å². The minimum Gasteiger partial charge on any atom is -0.460 e. The lowest BCUT2D eigenvalue weighted by Gasteiger charge is -2.42. The summed E-state index contributed by atoms with van der Waals surface area (Å²) in [5.74, 6) is -0.0649. The second-order valence-corrected chi connectivity index (χ2v) is 12.4. The molecule has 1 saturated carbocycles. The largest absolute Gasteiger partial charge is 0.460 e. The van der Waals surface area contributed by atoms with Crippen LogP contribution in [0.5, 0.6) is 0 Å². The Morgan fingerprint density at radius 1 is 0.927 bits per heavy atom. The quantitative estimate of drug-likeness (QED) is 0.0512. The summed E-state index contributed by atoms with van der Waals surface area (Å²) in [6.07, 6.45) is 32.4. The van der Waals surface area contributed by atoms with E-state index in [4.69, 9.17) is 18.9 Å². The highest BCUT2D eigenvalue weighted by Crippen LogP contribution is 2.59. The Balaban J connectivity index is 1.29. The number of ether oxygens (including phenoxy) is 4. The van der Waals surface area contributed by atoms with Gasteiger partial charge in [0.25, 0.3) is 0 Å². The Morgan fingerprint density at radius 3 is 2.20 bits per heavy atom. The van der Waals surface area contributed by atoms with E-state index in [9.17, 15) is 4.79 Å². The standard InChI is InChI=1S/C36H56O5/c1-6-7-8-9-10-11-12-13-14-15-16-17-18-19-20-21-22-23-32(37)40-30-26-27-36(28-39-36)34(33(30)38-5)35(4)31(41-35)25-24-29(2)3/h7-10,15-16,19-20,24,30-31,33-34H,6,11-14,17-18,21-23,25-28H2,1-5H3/b8-7-,10-9+,16-15-,20-19+/t30-,31-,33-,34-,35+,36+/m1/s1. The van der Waals surface area contributed by atoms with Gasteiger partial charge in [-0.25, -0.2) is 0 Å². The molecule has 0 radical (unpaired) electrons. The van der Waals surface area contributed by atoms with Gasteiger partial charge in [-0.2, -0.15) is 0 Å². The van der Waals surface area contributed by atoms with Crippen molar-refractivity contribution < 1.29 is 23.7 Å². The molecule has 0 N–H and O–H groups in total. The molecule has 0 bridgehead atoms. The van der Waals surface area contributed by atoms with Crippen LogP contribution in [0.4, 0.5) is 0 Å². The van der Waals surface area contributed by atoms with E-state index in [0.29, 0.717) is 6.42 Å². The summed E-state index contributed by atoms with van der Waals surface area (Å²) in [5, 5.41) is 0. The zero-order chi connectivity index (χ0) is 29.6. The average Bonchev–Trinajstić information content (AvgIpc) is 3.87. The molecule has 0 amide bonds. The fourth-order valence-electron chi connectivity index (χ4n) is 6.24. The smallest absolute Gasteiger partial charge is 0.306 e. The molecule has 0 aromatic rings. The normalized spacial score (nSPS) is 31.1. The number of epoxide rings is 2. The molecule has 0 aromatic carbocycles. The first-order valence-corrected chi connectivity index (χ1v) is 16.2. The van der Waals surface area contributed by atoms with Gasteiger partial charge in [0.2, 0.25) is 0 Å². The highest BCUT2D eigenvalue weighted by atomic mass is 16.6. The van der Waals surface area contributed by atoms with Crippen LogP contribution in [0.25, 0.3) is 0 Å². The van der Waals surface area contributed by atoms with Crippen LogP contribution in [0.3, 0.4) is 0 Å². The lowest BCUT2D eigenvalue weighted by molar-refractivity contribution is -0.171. The Bertz CT molecular complexity index is 936. The van der Waals surface area contributed by atoms with E-state index >= 15 is 0 Å². The predicted octanol–water partition coefficient (Wildman–Crippen LogP) is 8.75. The molecule has 3 aliphatic rings. The minimum atomic E-state index is -0.308. The maximum absolute atomic E-state index is 12.7. The van der Waals surface area contributed by atoms with Crippen molar-refractivity contribution in [3.05, 3.63) is 60.3 Å². The Morgan fingerprint density at radius 2 is 1.56 bits per heavy atom. The van der Waals surface area contributed by atoms with Crippen molar-refractivity contribution in [2.45, 2.75) is 141 Å². The van der Waals surface area contributed by atoms with Crippen molar-refractivity contribution in [3.63, 3.8) is 0 Å². The maximum atomic E-state index is 12.7. The van der Waals surface area contributed by atoms with E-state index in [0.717, 1.165) is 70.8 Å². The van der Waals surface area contributed by atoms with E-state index in [1.165, 1.54) is 18.4 Å². The van der Waals surface area contributed by atoms with Crippen LogP contribution >= 0.6 is 0 Å². The van der Waals surface area contributed by atoms with Crippen LogP contribution in [0.15, 0.2) is 60.3 Å². The Labute approximate surface area is 250 Å². The highest BCUT2D eigenvalue weighted by molar-refractivity contribution is 5.69. The summed E-state index contributed by atoms with van der Waals surface area (Å²) in [6, 6.07) is 0. The number of methoxy groups -OCH3 is 1. The Hall–Kier alpha value is -1.95. The van der Waals surface area contributed by atoms with Crippen molar-refractivity contribution in [1.29, 1.82) is 0 Å². The van der Waals surface area contributed by atoms with Gasteiger partial charge in [0.05, 0.1) is 18.6 Å². The molecule has 1 spiro atoms. The van der Waals surface area contributed by atoms with Crippen LogP contribution in [-0.4, -0.2) is 49.2 Å². The molecule has 0 unspecified atom stereocenters. The molecule has 5 heteroatoms. The third-order valence-electron chi connectivity index (χ3n) is 8.72. The number of hydrogen-bond donors (Lipinski definition) is 0. The summed E-state index contributed by atoms with van der Waals surface area (Å²) >= 11 is 0. The van der Waals surface area contributed by atoms with Crippen LogP contribution in [0, 0.1) is 5.92 Å². The van der Waals surface area contributed by atoms with E-state index < -0.39 is 0 Å². The summed E-state index contributed by atoms with van der Waals surface area (Å²) in [5.41, 5.74) is 0.796. The predicted molar refractivity (Wildman–Crippen MR) is 168 cm³/mol. The minimum absolute atomic E-state index is 0.0641. The number of esters is 1. The molecule has 2 saturated heterocycles. The van der Waals surface area contributed by atoms with Gasteiger partial charge in [-0.3, -0.25) is 4.79 Å². The van der Waals surface area contributed by atoms with Gasteiger partial charge >= 0.3 is 5.97 Å². The van der Waals surface area contributed by atoms with Crippen LogP contribution in [-0.2, 0) is 23.7 Å². The highest BCUT2D eigenvalue weighted by Gasteiger charge is 2.72. The lowest BCUT2D eigenvalue weighted by atomic mass is 9.68. The fraction of sp³-hybridized carbons (Fsp3) is 0.694. The third kappa shape index (κ3) is 10.7. The molecule has 2 heterocycles. The first-order chi connectivity index (χ1) is 19.9. The number of carbonyl (C=O) groups is 1.